The molecule has 0 unspecified atom stereocenters. The Morgan fingerprint density at radius 1 is 0.314 bits per heavy atom. The van der Waals surface area contributed by atoms with Crippen molar-refractivity contribution < 1.29 is 10.2 Å². The van der Waals surface area contributed by atoms with Crippen molar-refractivity contribution in [2.24, 2.45) is 0 Å². The number of rotatable bonds is 36. The summed E-state index contributed by atoms with van der Waals surface area (Å²) in [4.78, 5) is 0. The van der Waals surface area contributed by atoms with Crippen LogP contribution in [-0.4, -0.2) is 10.2 Å². The third-order valence-corrected chi connectivity index (χ3v) is 11.3. The summed E-state index contributed by atoms with van der Waals surface area (Å²) < 4.78 is 0. The van der Waals surface area contributed by atoms with E-state index >= 15 is 0 Å². The highest BCUT2D eigenvalue weighted by Gasteiger charge is 2.09. The molecule has 0 atom stereocenters. The Morgan fingerprint density at radius 3 is 0.784 bits per heavy atom. The second-order valence-corrected chi connectivity index (χ2v) is 16.2. The lowest BCUT2D eigenvalue weighted by atomic mass is 9.97. The van der Waals surface area contributed by atoms with E-state index in [0.717, 1.165) is 24.0 Å². The van der Waals surface area contributed by atoms with Gasteiger partial charge in [0, 0.05) is 6.42 Å². The van der Waals surface area contributed by atoms with Crippen molar-refractivity contribution in [3.8, 4) is 11.5 Å². The average molecular weight is 705 g/mol. The van der Waals surface area contributed by atoms with Gasteiger partial charge in [-0.1, -0.05) is 231 Å². The number of hydrogen-bond donors (Lipinski definition) is 2. The molecule has 0 aromatic heterocycles. The van der Waals surface area contributed by atoms with E-state index in [1.54, 1.807) is 0 Å². The Labute approximate surface area is 318 Å². The predicted octanol–water partition coefficient (Wildman–Crippen LogP) is 16.3. The molecule has 2 rings (SSSR count). The second-order valence-electron chi connectivity index (χ2n) is 16.2. The van der Waals surface area contributed by atoms with E-state index in [1.165, 1.54) is 217 Å². The van der Waals surface area contributed by atoms with Gasteiger partial charge in [0.2, 0.25) is 0 Å². The number of phenolic OH excluding ortho intramolecular Hbond substituents is 2. The van der Waals surface area contributed by atoms with Crippen molar-refractivity contribution >= 4 is 0 Å². The van der Waals surface area contributed by atoms with Gasteiger partial charge in [-0.3, -0.25) is 0 Å². The maximum atomic E-state index is 10.8. The summed E-state index contributed by atoms with van der Waals surface area (Å²) in [6.45, 7) is 4.59. The standard InChI is InChI=1S/C49H84O2/c1-3-5-7-9-11-13-15-17-19-21-23-25-27-29-31-33-35-44-37-39-46(48(50)41-44)43-47-40-38-45(42-49(47)51)36-34-32-30-28-26-24-22-20-18-16-14-12-10-8-6-4-2/h37-42,50-51H,3-36,43H2,1-2H3. The highest BCUT2D eigenvalue weighted by molar-refractivity contribution is 5.44. The Kier molecular flexibility index (Phi) is 29.0. The Balaban J connectivity index is 1.46. The van der Waals surface area contributed by atoms with E-state index in [4.69, 9.17) is 0 Å². The summed E-state index contributed by atoms with van der Waals surface area (Å²) in [7, 11) is 0. The maximum Gasteiger partial charge on any atom is 0.119 e. The fraction of sp³-hybridized carbons (Fsp3) is 0.755. The predicted molar refractivity (Wildman–Crippen MR) is 226 cm³/mol. The van der Waals surface area contributed by atoms with Crippen LogP contribution in [0.15, 0.2) is 36.4 Å². The first kappa shape index (κ1) is 45.2. The molecule has 0 bridgehead atoms. The highest BCUT2D eigenvalue weighted by Crippen LogP contribution is 2.28. The number of benzene rings is 2. The molecule has 0 spiro atoms. The van der Waals surface area contributed by atoms with Crippen LogP contribution in [0.25, 0.3) is 0 Å². The van der Waals surface area contributed by atoms with Crippen molar-refractivity contribution in [1.29, 1.82) is 0 Å². The molecule has 0 aliphatic carbocycles. The SMILES string of the molecule is CCCCCCCCCCCCCCCCCCc1ccc(Cc2ccc(CCCCCCCCCCCCCCCCCC)cc2O)c(O)c1. The van der Waals surface area contributed by atoms with Crippen LogP contribution in [0, 0.1) is 0 Å². The number of unbranched alkanes of at least 4 members (excludes halogenated alkanes) is 30. The Hall–Kier alpha value is -1.96. The van der Waals surface area contributed by atoms with Gasteiger partial charge in [-0.15, -0.1) is 0 Å². The molecule has 2 heteroatoms. The van der Waals surface area contributed by atoms with Gasteiger partial charge in [-0.25, -0.2) is 0 Å². The van der Waals surface area contributed by atoms with Gasteiger partial charge in [0.25, 0.3) is 0 Å². The summed E-state index contributed by atoms with van der Waals surface area (Å²) in [5.74, 6) is 0.723. The molecule has 292 valence electrons. The van der Waals surface area contributed by atoms with Crippen LogP contribution in [0.5, 0.6) is 11.5 Å². The van der Waals surface area contributed by atoms with Crippen LogP contribution in [0.2, 0.25) is 0 Å². The van der Waals surface area contributed by atoms with Gasteiger partial charge in [0.1, 0.15) is 11.5 Å². The van der Waals surface area contributed by atoms with Crippen molar-refractivity contribution in [2.45, 2.75) is 239 Å². The van der Waals surface area contributed by atoms with Crippen LogP contribution >= 0.6 is 0 Å². The normalized spacial score (nSPS) is 11.5. The summed E-state index contributed by atoms with van der Waals surface area (Å²) in [6, 6.07) is 12.3. The molecule has 0 radical (unpaired) electrons. The fourth-order valence-corrected chi connectivity index (χ4v) is 7.79. The lowest BCUT2D eigenvalue weighted by molar-refractivity contribution is 0.462. The number of aromatic hydroxyl groups is 2. The minimum Gasteiger partial charge on any atom is -0.508 e. The van der Waals surface area contributed by atoms with Gasteiger partial charge >= 0.3 is 0 Å². The third kappa shape index (κ3) is 24.8. The molecule has 0 aliphatic rings. The molecular formula is C49H84O2. The van der Waals surface area contributed by atoms with E-state index in [2.05, 4.69) is 38.1 Å². The average Bonchev–Trinajstić information content (AvgIpc) is 3.13. The van der Waals surface area contributed by atoms with E-state index in [0.29, 0.717) is 17.9 Å². The van der Waals surface area contributed by atoms with Crippen LogP contribution in [-0.2, 0) is 19.3 Å². The molecule has 51 heavy (non-hydrogen) atoms. The minimum atomic E-state index is 0.362. The molecule has 2 N–H and O–H groups in total. The Bertz CT molecular complexity index is 975. The van der Waals surface area contributed by atoms with Gasteiger partial charge in [0.05, 0.1) is 0 Å². The maximum absolute atomic E-state index is 10.8. The van der Waals surface area contributed by atoms with E-state index in [1.807, 2.05) is 12.1 Å². The number of hydrogen-bond acceptors (Lipinski definition) is 2. The first-order chi connectivity index (χ1) is 25.1. The van der Waals surface area contributed by atoms with Gasteiger partial charge < -0.3 is 10.2 Å². The summed E-state index contributed by atoms with van der Waals surface area (Å²) in [6.07, 6.45) is 47.1. The molecule has 0 saturated heterocycles. The number of phenols is 2. The van der Waals surface area contributed by atoms with Crippen LogP contribution < -0.4 is 0 Å². The molecule has 2 nitrogen and oxygen atoms in total. The van der Waals surface area contributed by atoms with Crippen molar-refractivity contribution in [3.63, 3.8) is 0 Å². The second kappa shape index (κ2) is 32.7. The zero-order chi connectivity index (χ0) is 36.5. The minimum absolute atomic E-state index is 0.362. The highest BCUT2D eigenvalue weighted by atomic mass is 16.3. The molecule has 2 aromatic carbocycles. The molecule has 0 amide bonds. The molecule has 0 fully saturated rings. The van der Waals surface area contributed by atoms with Crippen LogP contribution in [0.1, 0.15) is 242 Å². The molecule has 0 saturated carbocycles. The third-order valence-electron chi connectivity index (χ3n) is 11.3. The first-order valence-electron chi connectivity index (χ1n) is 22.8. The Morgan fingerprint density at radius 2 is 0.549 bits per heavy atom. The van der Waals surface area contributed by atoms with Gasteiger partial charge in [0.15, 0.2) is 0 Å². The van der Waals surface area contributed by atoms with E-state index in [-0.39, 0.29) is 0 Å². The van der Waals surface area contributed by atoms with Crippen LogP contribution in [0.4, 0.5) is 0 Å². The van der Waals surface area contributed by atoms with Crippen molar-refractivity contribution in [1.82, 2.24) is 0 Å². The molecule has 0 aliphatic heterocycles. The van der Waals surface area contributed by atoms with Gasteiger partial charge in [-0.2, -0.15) is 0 Å². The summed E-state index contributed by atoms with van der Waals surface area (Å²) >= 11 is 0. The number of aryl methyl sites for hydroxylation is 2. The molecule has 0 heterocycles. The first-order valence-corrected chi connectivity index (χ1v) is 22.8. The van der Waals surface area contributed by atoms with Crippen molar-refractivity contribution in [3.05, 3.63) is 58.7 Å². The monoisotopic (exact) mass is 705 g/mol. The fourth-order valence-electron chi connectivity index (χ4n) is 7.79. The largest absolute Gasteiger partial charge is 0.508 e. The van der Waals surface area contributed by atoms with Crippen molar-refractivity contribution in [2.75, 3.05) is 0 Å². The topological polar surface area (TPSA) is 40.5 Å². The zero-order valence-corrected chi connectivity index (χ0v) is 34.1. The smallest absolute Gasteiger partial charge is 0.119 e. The lowest BCUT2D eigenvalue weighted by Gasteiger charge is -2.11. The van der Waals surface area contributed by atoms with Gasteiger partial charge in [-0.05, 0) is 60.1 Å². The zero-order valence-electron chi connectivity index (χ0n) is 34.1. The van der Waals surface area contributed by atoms with Crippen LogP contribution in [0.3, 0.4) is 0 Å². The summed E-state index contributed by atoms with van der Waals surface area (Å²) in [5.41, 5.74) is 4.23. The van der Waals surface area contributed by atoms with E-state index < -0.39 is 0 Å². The summed E-state index contributed by atoms with van der Waals surface area (Å²) in [5, 5.41) is 21.5. The quantitative estimate of drug-likeness (QED) is 0.0693. The van der Waals surface area contributed by atoms with E-state index in [9.17, 15) is 10.2 Å². The lowest BCUT2D eigenvalue weighted by Crippen LogP contribution is -1.94. The molecule has 2 aromatic rings. The molecular weight excluding hydrogens is 621 g/mol.